The molecule has 0 saturated carbocycles. The van der Waals surface area contributed by atoms with Crippen LogP contribution in [-0.4, -0.2) is 11.0 Å². The molecule has 0 unspecified atom stereocenters. The first-order valence-corrected chi connectivity index (χ1v) is 6.73. The molecular formula is C17H15NO3. The maximum atomic E-state index is 11.9. The Labute approximate surface area is 122 Å². The highest BCUT2D eigenvalue weighted by Crippen LogP contribution is 2.18. The van der Waals surface area contributed by atoms with Crippen LogP contribution >= 0.6 is 0 Å². The van der Waals surface area contributed by atoms with Crippen molar-refractivity contribution in [3.63, 3.8) is 0 Å². The van der Waals surface area contributed by atoms with Crippen molar-refractivity contribution in [3.8, 4) is 5.75 Å². The summed E-state index contributed by atoms with van der Waals surface area (Å²) in [6.45, 7) is 3.78. The summed E-state index contributed by atoms with van der Waals surface area (Å²) < 4.78 is 10.7. The van der Waals surface area contributed by atoms with Crippen molar-refractivity contribution >= 4 is 17.1 Å². The number of oxazole rings is 1. The lowest BCUT2D eigenvalue weighted by molar-refractivity contribution is -0.133. The number of carbonyl (C=O) groups is 1. The van der Waals surface area contributed by atoms with Crippen molar-refractivity contribution in [2.45, 2.75) is 20.3 Å². The highest BCUT2D eigenvalue weighted by Gasteiger charge is 2.09. The summed E-state index contributed by atoms with van der Waals surface area (Å²) in [5.74, 6) is 0.881. The van der Waals surface area contributed by atoms with Gasteiger partial charge in [-0.15, -0.1) is 0 Å². The van der Waals surface area contributed by atoms with Crippen molar-refractivity contribution in [1.29, 1.82) is 0 Å². The van der Waals surface area contributed by atoms with Crippen LogP contribution < -0.4 is 4.74 Å². The molecule has 0 atom stereocenters. The predicted octanol–water partition coefficient (Wildman–Crippen LogP) is 3.59. The fourth-order valence-corrected chi connectivity index (χ4v) is 2.14. The number of aryl methyl sites for hydroxylation is 2. The number of ether oxygens (including phenoxy) is 1. The molecule has 4 nitrogen and oxygen atoms in total. The molecule has 0 N–H and O–H groups in total. The molecule has 0 saturated heterocycles. The van der Waals surface area contributed by atoms with Gasteiger partial charge in [-0.3, -0.25) is 4.79 Å². The second-order valence-corrected chi connectivity index (χ2v) is 5.00. The van der Waals surface area contributed by atoms with Crippen LogP contribution in [0.5, 0.6) is 5.75 Å². The van der Waals surface area contributed by atoms with Crippen molar-refractivity contribution in [2.75, 3.05) is 0 Å². The molecular weight excluding hydrogens is 266 g/mol. The molecule has 106 valence electrons. The Morgan fingerprint density at radius 2 is 1.90 bits per heavy atom. The molecule has 1 aromatic heterocycles. The van der Waals surface area contributed by atoms with Crippen LogP contribution in [0.25, 0.3) is 11.1 Å². The van der Waals surface area contributed by atoms with E-state index in [-0.39, 0.29) is 12.4 Å². The average Bonchev–Trinajstić information content (AvgIpc) is 2.80. The summed E-state index contributed by atoms with van der Waals surface area (Å²) in [5.41, 5.74) is 3.46. The number of benzene rings is 2. The van der Waals surface area contributed by atoms with Gasteiger partial charge in [0.05, 0.1) is 6.42 Å². The molecule has 2 aromatic carbocycles. The summed E-state index contributed by atoms with van der Waals surface area (Å²) >= 11 is 0. The molecule has 0 spiro atoms. The van der Waals surface area contributed by atoms with E-state index >= 15 is 0 Å². The van der Waals surface area contributed by atoms with Gasteiger partial charge in [-0.1, -0.05) is 23.8 Å². The van der Waals surface area contributed by atoms with Gasteiger partial charge in [-0.25, -0.2) is 4.98 Å². The summed E-state index contributed by atoms with van der Waals surface area (Å²) in [5, 5.41) is 0. The third kappa shape index (κ3) is 3.11. The maximum Gasteiger partial charge on any atom is 0.315 e. The number of nitrogens with zero attached hydrogens (tertiary/aromatic N) is 1. The molecule has 0 bridgehead atoms. The Morgan fingerprint density at radius 1 is 1.14 bits per heavy atom. The van der Waals surface area contributed by atoms with Gasteiger partial charge >= 0.3 is 5.97 Å². The minimum Gasteiger partial charge on any atom is -0.441 e. The van der Waals surface area contributed by atoms with Crippen molar-refractivity contribution in [3.05, 3.63) is 59.5 Å². The fourth-order valence-electron chi connectivity index (χ4n) is 2.14. The number of hydrogen-bond acceptors (Lipinski definition) is 4. The van der Waals surface area contributed by atoms with Crippen LogP contribution in [0.2, 0.25) is 0 Å². The van der Waals surface area contributed by atoms with Crippen LogP contribution in [0.4, 0.5) is 0 Å². The van der Waals surface area contributed by atoms with Gasteiger partial charge in [-0.05, 0) is 36.8 Å². The summed E-state index contributed by atoms with van der Waals surface area (Å²) in [4.78, 5) is 16.2. The number of fused-ring (bicyclic) bond motifs is 1. The second kappa shape index (κ2) is 5.40. The number of carbonyl (C=O) groups excluding carboxylic acids is 1. The highest BCUT2D eigenvalue weighted by molar-refractivity contribution is 5.78. The first kappa shape index (κ1) is 13.4. The van der Waals surface area contributed by atoms with Crippen molar-refractivity contribution < 1.29 is 13.9 Å². The number of hydrogen-bond donors (Lipinski definition) is 0. The zero-order valence-corrected chi connectivity index (χ0v) is 11.9. The number of esters is 1. The first-order chi connectivity index (χ1) is 10.1. The van der Waals surface area contributed by atoms with E-state index in [2.05, 4.69) is 4.98 Å². The average molecular weight is 281 g/mol. The maximum absolute atomic E-state index is 11.9. The van der Waals surface area contributed by atoms with Gasteiger partial charge in [0.25, 0.3) is 0 Å². The van der Waals surface area contributed by atoms with E-state index in [4.69, 9.17) is 9.15 Å². The molecule has 21 heavy (non-hydrogen) atoms. The predicted molar refractivity (Wildman–Crippen MR) is 79.3 cm³/mol. The van der Waals surface area contributed by atoms with Gasteiger partial charge in [0.1, 0.15) is 11.3 Å². The van der Waals surface area contributed by atoms with Gasteiger partial charge in [0, 0.05) is 6.92 Å². The molecule has 0 amide bonds. The number of rotatable bonds is 3. The zero-order chi connectivity index (χ0) is 14.8. The quantitative estimate of drug-likeness (QED) is 0.544. The Morgan fingerprint density at radius 3 is 2.67 bits per heavy atom. The van der Waals surface area contributed by atoms with E-state index in [0.717, 1.165) is 22.2 Å². The van der Waals surface area contributed by atoms with Crippen LogP contribution in [0, 0.1) is 13.8 Å². The molecule has 0 radical (unpaired) electrons. The van der Waals surface area contributed by atoms with Crippen molar-refractivity contribution in [2.24, 2.45) is 0 Å². The van der Waals surface area contributed by atoms with Crippen molar-refractivity contribution in [1.82, 2.24) is 4.98 Å². The van der Waals surface area contributed by atoms with Gasteiger partial charge in [-0.2, -0.15) is 0 Å². The third-order valence-corrected chi connectivity index (χ3v) is 3.16. The van der Waals surface area contributed by atoms with E-state index in [9.17, 15) is 4.79 Å². The topological polar surface area (TPSA) is 52.3 Å². The van der Waals surface area contributed by atoms with E-state index in [0.29, 0.717) is 11.6 Å². The molecule has 3 aromatic rings. The molecule has 0 aliphatic carbocycles. The normalized spacial score (nSPS) is 10.8. The molecule has 0 aliphatic rings. The second-order valence-electron chi connectivity index (χ2n) is 5.00. The Bertz CT molecular complexity index is 787. The zero-order valence-electron chi connectivity index (χ0n) is 11.9. The molecule has 0 aliphatic heterocycles. The Kier molecular flexibility index (Phi) is 3.44. The van der Waals surface area contributed by atoms with Gasteiger partial charge in [0.15, 0.2) is 11.5 Å². The highest BCUT2D eigenvalue weighted by atomic mass is 16.5. The Balaban J connectivity index is 1.71. The molecule has 3 rings (SSSR count). The monoisotopic (exact) mass is 281 g/mol. The van der Waals surface area contributed by atoms with E-state index in [1.165, 1.54) is 0 Å². The lowest BCUT2D eigenvalue weighted by Crippen LogP contribution is -2.11. The molecule has 4 heteroatoms. The lowest BCUT2D eigenvalue weighted by Gasteiger charge is -2.04. The van der Waals surface area contributed by atoms with Crippen LogP contribution in [0.15, 0.2) is 46.9 Å². The lowest BCUT2D eigenvalue weighted by atomic mass is 10.1. The van der Waals surface area contributed by atoms with Crippen LogP contribution in [-0.2, 0) is 11.2 Å². The fraction of sp³-hybridized carbons (Fsp3) is 0.176. The Hall–Kier alpha value is -2.62. The van der Waals surface area contributed by atoms with E-state index in [1.54, 1.807) is 19.1 Å². The summed E-state index contributed by atoms with van der Waals surface area (Å²) in [7, 11) is 0. The van der Waals surface area contributed by atoms with Crippen LogP contribution in [0.3, 0.4) is 0 Å². The van der Waals surface area contributed by atoms with E-state index in [1.807, 2.05) is 37.3 Å². The molecule has 0 fully saturated rings. The largest absolute Gasteiger partial charge is 0.441 e. The van der Waals surface area contributed by atoms with Gasteiger partial charge in [0.2, 0.25) is 0 Å². The minimum absolute atomic E-state index is 0.204. The smallest absolute Gasteiger partial charge is 0.315 e. The minimum atomic E-state index is -0.293. The van der Waals surface area contributed by atoms with Crippen LogP contribution in [0.1, 0.15) is 17.0 Å². The SMILES string of the molecule is Cc1ccc(OC(=O)Cc2ccc3oc(C)nc3c2)cc1. The number of aromatic nitrogens is 1. The summed E-state index contributed by atoms with van der Waals surface area (Å²) in [6, 6.07) is 12.9. The first-order valence-electron chi connectivity index (χ1n) is 6.73. The molecule has 1 heterocycles. The van der Waals surface area contributed by atoms with Gasteiger partial charge < -0.3 is 9.15 Å². The standard InChI is InChI=1S/C17H15NO3/c1-11-3-6-14(7-4-11)21-17(19)10-13-5-8-16-15(9-13)18-12(2)20-16/h3-9H,10H2,1-2H3. The third-order valence-electron chi connectivity index (χ3n) is 3.16. The summed E-state index contributed by atoms with van der Waals surface area (Å²) in [6.07, 6.45) is 0.204. The van der Waals surface area contributed by atoms with E-state index < -0.39 is 0 Å².